The quantitative estimate of drug-likeness (QED) is 0.648. The highest BCUT2D eigenvalue weighted by atomic mass is 16.6. The fourth-order valence-corrected chi connectivity index (χ4v) is 1.98. The van der Waals surface area contributed by atoms with Gasteiger partial charge >= 0.3 is 0 Å². The maximum Gasteiger partial charge on any atom is 0.287 e. The van der Waals surface area contributed by atoms with Gasteiger partial charge < -0.3 is 14.8 Å². The van der Waals surface area contributed by atoms with E-state index in [0.29, 0.717) is 17.2 Å². The van der Waals surface area contributed by atoms with E-state index in [0.717, 1.165) is 0 Å². The molecule has 22 heavy (non-hydrogen) atoms. The van der Waals surface area contributed by atoms with Crippen LogP contribution < -0.4 is 5.32 Å². The minimum absolute atomic E-state index is 0.0384. The van der Waals surface area contributed by atoms with Crippen LogP contribution in [0.5, 0.6) is 0 Å². The number of nitrogens with zero attached hydrogens (tertiary/aromatic N) is 2. The molecule has 0 aliphatic heterocycles. The van der Waals surface area contributed by atoms with Crippen molar-refractivity contribution in [2.45, 2.75) is 19.4 Å². The number of anilines is 1. The molecule has 0 spiro atoms. The predicted octanol–water partition coefficient (Wildman–Crippen LogP) is 2.69. The highest BCUT2D eigenvalue weighted by Crippen LogP contribution is 2.25. The second-order valence-electron chi connectivity index (χ2n) is 5.14. The molecule has 7 nitrogen and oxygen atoms in total. The monoisotopic (exact) mass is 301 g/mol. The van der Waals surface area contributed by atoms with Gasteiger partial charge in [-0.2, -0.15) is 5.26 Å². The standard InChI is InChI=1S/C15H15N3O4/c1-10-3-6-14(22-10)15(2,19)9-17-12-4-5-13(18(20)21)11(7-12)8-16/h3-7,17,19H,9H2,1-2H3/t15-/m0/s1. The number of rotatable bonds is 5. The summed E-state index contributed by atoms with van der Waals surface area (Å²) in [6.45, 7) is 3.50. The number of nitro benzene ring substituents is 1. The zero-order valence-electron chi connectivity index (χ0n) is 12.2. The third-order valence-electron chi connectivity index (χ3n) is 3.22. The first-order chi connectivity index (χ1) is 10.3. The van der Waals surface area contributed by atoms with Crippen molar-refractivity contribution in [3.8, 4) is 6.07 Å². The highest BCUT2D eigenvalue weighted by molar-refractivity contribution is 5.58. The molecule has 0 saturated carbocycles. The molecule has 1 aromatic carbocycles. The fourth-order valence-electron chi connectivity index (χ4n) is 1.98. The minimum Gasteiger partial charge on any atom is -0.463 e. The van der Waals surface area contributed by atoms with Gasteiger partial charge in [-0.25, -0.2) is 0 Å². The summed E-state index contributed by atoms with van der Waals surface area (Å²) in [6.07, 6.45) is 0. The number of aliphatic hydroxyl groups is 1. The van der Waals surface area contributed by atoms with Gasteiger partial charge in [0.25, 0.3) is 5.69 Å². The Kier molecular flexibility index (Phi) is 4.15. The maximum absolute atomic E-state index is 10.8. The van der Waals surface area contributed by atoms with Gasteiger partial charge in [-0.3, -0.25) is 10.1 Å². The number of nitriles is 1. The Bertz CT molecular complexity index is 743. The van der Waals surface area contributed by atoms with E-state index in [1.165, 1.54) is 18.2 Å². The average molecular weight is 301 g/mol. The summed E-state index contributed by atoms with van der Waals surface area (Å²) in [6, 6.07) is 9.35. The Morgan fingerprint density at radius 3 is 2.73 bits per heavy atom. The van der Waals surface area contributed by atoms with Gasteiger partial charge in [-0.15, -0.1) is 0 Å². The summed E-state index contributed by atoms with van der Waals surface area (Å²) in [4.78, 5) is 10.2. The first-order valence-electron chi connectivity index (χ1n) is 6.55. The van der Waals surface area contributed by atoms with Gasteiger partial charge in [-0.05, 0) is 38.1 Å². The van der Waals surface area contributed by atoms with Crippen LogP contribution in [0.1, 0.15) is 24.0 Å². The Hall–Kier alpha value is -2.85. The lowest BCUT2D eigenvalue weighted by atomic mass is 10.0. The van der Waals surface area contributed by atoms with Crippen molar-refractivity contribution in [1.82, 2.24) is 0 Å². The highest BCUT2D eigenvalue weighted by Gasteiger charge is 2.26. The van der Waals surface area contributed by atoms with E-state index in [9.17, 15) is 15.2 Å². The van der Waals surface area contributed by atoms with Crippen LogP contribution in [-0.2, 0) is 5.60 Å². The van der Waals surface area contributed by atoms with Crippen LogP contribution >= 0.6 is 0 Å². The second-order valence-corrected chi connectivity index (χ2v) is 5.14. The molecular weight excluding hydrogens is 286 g/mol. The van der Waals surface area contributed by atoms with Crippen LogP contribution in [0.2, 0.25) is 0 Å². The van der Waals surface area contributed by atoms with Crippen LogP contribution in [-0.4, -0.2) is 16.6 Å². The third kappa shape index (κ3) is 3.24. The van der Waals surface area contributed by atoms with Gasteiger partial charge in [0, 0.05) is 11.8 Å². The van der Waals surface area contributed by atoms with E-state index in [1.54, 1.807) is 32.0 Å². The van der Waals surface area contributed by atoms with Gasteiger partial charge in [0.15, 0.2) is 0 Å². The average Bonchev–Trinajstić information content (AvgIpc) is 2.92. The van der Waals surface area contributed by atoms with Crippen LogP contribution in [0, 0.1) is 28.4 Å². The summed E-state index contributed by atoms with van der Waals surface area (Å²) < 4.78 is 5.40. The minimum atomic E-state index is -1.25. The molecule has 0 bridgehead atoms. The number of aryl methyl sites for hydroxylation is 1. The van der Waals surface area contributed by atoms with Crippen LogP contribution in [0.3, 0.4) is 0 Å². The Morgan fingerprint density at radius 2 is 2.18 bits per heavy atom. The van der Waals surface area contributed by atoms with Crippen molar-refractivity contribution in [2.24, 2.45) is 0 Å². The molecule has 7 heteroatoms. The molecule has 114 valence electrons. The zero-order valence-corrected chi connectivity index (χ0v) is 12.2. The maximum atomic E-state index is 10.8. The lowest BCUT2D eigenvalue weighted by Gasteiger charge is -2.22. The smallest absolute Gasteiger partial charge is 0.287 e. The number of hydrogen-bond donors (Lipinski definition) is 2. The number of benzene rings is 1. The van der Waals surface area contributed by atoms with Crippen molar-refractivity contribution in [2.75, 3.05) is 11.9 Å². The van der Waals surface area contributed by atoms with Crippen molar-refractivity contribution in [3.05, 3.63) is 57.5 Å². The van der Waals surface area contributed by atoms with Gasteiger partial charge in [0.2, 0.25) is 0 Å². The molecule has 0 radical (unpaired) electrons. The SMILES string of the molecule is Cc1ccc([C@@](C)(O)CNc2ccc([N+](=O)[O-])c(C#N)c2)o1. The molecule has 0 unspecified atom stereocenters. The van der Waals surface area contributed by atoms with Crippen LogP contribution in [0.25, 0.3) is 0 Å². The third-order valence-corrected chi connectivity index (χ3v) is 3.22. The molecular formula is C15H15N3O4. The molecule has 2 aromatic rings. The lowest BCUT2D eigenvalue weighted by molar-refractivity contribution is -0.385. The lowest BCUT2D eigenvalue weighted by Crippen LogP contribution is -2.30. The molecule has 0 fully saturated rings. The Balaban J connectivity index is 2.15. The largest absolute Gasteiger partial charge is 0.463 e. The van der Waals surface area contributed by atoms with Gasteiger partial charge in [0.05, 0.1) is 11.5 Å². The topological polar surface area (TPSA) is 112 Å². The van der Waals surface area contributed by atoms with E-state index >= 15 is 0 Å². The van der Waals surface area contributed by atoms with Crippen molar-refractivity contribution in [1.29, 1.82) is 5.26 Å². The molecule has 0 aliphatic carbocycles. The summed E-state index contributed by atoms with van der Waals surface area (Å²) in [5.41, 5.74) is -1.03. The fraction of sp³-hybridized carbons (Fsp3) is 0.267. The summed E-state index contributed by atoms with van der Waals surface area (Å²) in [5, 5.41) is 33.1. The Labute approximate surface area is 126 Å². The van der Waals surface area contributed by atoms with Gasteiger partial charge in [0.1, 0.15) is 28.8 Å². The van der Waals surface area contributed by atoms with Crippen molar-refractivity contribution in [3.63, 3.8) is 0 Å². The number of hydrogen-bond acceptors (Lipinski definition) is 6. The Morgan fingerprint density at radius 1 is 1.45 bits per heavy atom. The molecule has 2 N–H and O–H groups in total. The van der Waals surface area contributed by atoms with E-state index < -0.39 is 10.5 Å². The molecule has 2 rings (SSSR count). The van der Waals surface area contributed by atoms with Crippen molar-refractivity contribution < 1.29 is 14.4 Å². The van der Waals surface area contributed by atoms with E-state index in [2.05, 4.69) is 5.32 Å². The second kappa shape index (κ2) is 5.87. The first kappa shape index (κ1) is 15.5. The number of nitrogens with one attached hydrogen (secondary N) is 1. The molecule has 1 aromatic heterocycles. The van der Waals surface area contributed by atoms with Crippen LogP contribution in [0.4, 0.5) is 11.4 Å². The predicted molar refractivity (Wildman–Crippen MR) is 79.3 cm³/mol. The molecule has 0 amide bonds. The number of nitro groups is 1. The van der Waals surface area contributed by atoms with E-state index in [-0.39, 0.29) is 17.8 Å². The molecule has 0 saturated heterocycles. The summed E-state index contributed by atoms with van der Waals surface area (Å²) in [7, 11) is 0. The summed E-state index contributed by atoms with van der Waals surface area (Å²) in [5.74, 6) is 1.11. The molecule has 0 aliphatic rings. The van der Waals surface area contributed by atoms with Crippen LogP contribution in [0.15, 0.2) is 34.7 Å². The van der Waals surface area contributed by atoms with E-state index in [1.807, 2.05) is 0 Å². The van der Waals surface area contributed by atoms with E-state index in [4.69, 9.17) is 9.68 Å². The molecule has 1 atom stereocenters. The van der Waals surface area contributed by atoms with Gasteiger partial charge in [-0.1, -0.05) is 0 Å². The molecule has 1 heterocycles. The van der Waals surface area contributed by atoms with Crippen molar-refractivity contribution >= 4 is 11.4 Å². The normalized spacial score (nSPS) is 13.2. The number of furan rings is 1. The first-order valence-corrected chi connectivity index (χ1v) is 6.55. The summed E-state index contributed by atoms with van der Waals surface area (Å²) >= 11 is 0. The zero-order chi connectivity index (χ0) is 16.3.